The summed E-state index contributed by atoms with van der Waals surface area (Å²) in [5.41, 5.74) is 1.21. The average molecular weight is 203 g/mol. The molecule has 0 saturated heterocycles. The van der Waals surface area contributed by atoms with Crippen molar-refractivity contribution in [2.24, 2.45) is 0 Å². The molecule has 0 aliphatic heterocycles. The van der Waals surface area contributed by atoms with Gasteiger partial charge in [0.2, 0.25) is 0 Å². The lowest BCUT2D eigenvalue weighted by Gasteiger charge is -2.24. The Balaban J connectivity index is 2.02. The molecule has 81 valence electrons. The molecule has 0 spiro atoms. The van der Waals surface area contributed by atoms with Gasteiger partial charge in [-0.15, -0.1) is 0 Å². The maximum atomic E-state index is 6.05. The topological polar surface area (TPSA) is 9.23 Å². The first-order valence-electron chi connectivity index (χ1n) is 5.95. The first-order chi connectivity index (χ1) is 7.40. The summed E-state index contributed by atoms with van der Waals surface area (Å²) in [4.78, 5) is 0. The fraction of sp³-hybridized carbons (Fsp3) is 0.500. The van der Waals surface area contributed by atoms with Gasteiger partial charge in [0.1, 0.15) is 5.75 Å². The van der Waals surface area contributed by atoms with Gasteiger partial charge in [-0.05, 0) is 43.7 Å². The first-order valence-corrected chi connectivity index (χ1v) is 5.95. The van der Waals surface area contributed by atoms with Crippen molar-refractivity contribution in [3.63, 3.8) is 0 Å². The van der Waals surface area contributed by atoms with Gasteiger partial charge < -0.3 is 4.74 Å². The van der Waals surface area contributed by atoms with Crippen molar-refractivity contribution in [2.45, 2.75) is 45.1 Å². The monoisotopic (exact) mass is 203 g/mol. The van der Waals surface area contributed by atoms with Gasteiger partial charge in [0, 0.05) is 0 Å². The predicted octanol–water partition coefficient (Wildman–Crippen LogP) is 3.97. The lowest BCUT2D eigenvalue weighted by molar-refractivity contribution is 0.154. The van der Waals surface area contributed by atoms with Crippen molar-refractivity contribution in [3.8, 4) is 5.75 Å². The molecule has 0 heterocycles. The van der Waals surface area contributed by atoms with Crippen LogP contribution in [0.3, 0.4) is 0 Å². The number of hydrogen-bond acceptors (Lipinski definition) is 1. The number of rotatable bonds is 3. The Morgan fingerprint density at radius 3 is 2.60 bits per heavy atom. The van der Waals surface area contributed by atoms with Crippen LogP contribution in [0.25, 0.3) is 0 Å². The van der Waals surface area contributed by atoms with E-state index in [1.165, 1.54) is 37.7 Å². The predicted molar refractivity (Wildman–Crippen MR) is 63.0 cm³/mol. The molecule has 0 amide bonds. The summed E-state index contributed by atoms with van der Waals surface area (Å²) >= 11 is 0. The molecule has 1 saturated carbocycles. The Labute approximate surface area is 92.5 Å². The van der Waals surface area contributed by atoms with E-state index >= 15 is 0 Å². The molecule has 2 rings (SSSR count). The van der Waals surface area contributed by atoms with E-state index in [0.29, 0.717) is 6.10 Å². The van der Waals surface area contributed by atoms with Gasteiger partial charge in [0.05, 0.1) is 6.10 Å². The van der Waals surface area contributed by atoms with Gasteiger partial charge in [0.15, 0.2) is 0 Å². The van der Waals surface area contributed by atoms with E-state index in [2.05, 4.69) is 31.5 Å². The third kappa shape index (κ3) is 2.74. The zero-order chi connectivity index (χ0) is 10.5. The van der Waals surface area contributed by atoms with Gasteiger partial charge in [0.25, 0.3) is 0 Å². The number of benzene rings is 1. The zero-order valence-electron chi connectivity index (χ0n) is 9.41. The Morgan fingerprint density at radius 1 is 1.13 bits per heavy atom. The number of ether oxygens (including phenoxy) is 1. The molecular weight excluding hydrogens is 184 g/mol. The second-order valence-corrected chi connectivity index (χ2v) is 4.20. The minimum absolute atomic E-state index is 0.444. The molecule has 0 unspecified atom stereocenters. The number of para-hydroxylation sites is 1. The summed E-state index contributed by atoms with van der Waals surface area (Å²) in [6.45, 7) is 2.06. The summed E-state index contributed by atoms with van der Waals surface area (Å²) < 4.78 is 6.05. The lowest BCUT2D eigenvalue weighted by Crippen LogP contribution is -2.20. The van der Waals surface area contributed by atoms with Crippen LogP contribution in [0.15, 0.2) is 24.3 Å². The zero-order valence-corrected chi connectivity index (χ0v) is 9.41. The first kappa shape index (κ1) is 10.5. The van der Waals surface area contributed by atoms with Gasteiger partial charge in [-0.2, -0.15) is 0 Å². The van der Waals surface area contributed by atoms with E-state index in [9.17, 15) is 0 Å². The molecule has 15 heavy (non-hydrogen) atoms. The Bertz CT molecular complexity index is 300. The van der Waals surface area contributed by atoms with Gasteiger partial charge in [-0.1, -0.05) is 31.5 Å². The fourth-order valence-corrected chi connectivity index (χ4v) is 2.19. The molecule has 0 N–H and O–H groups in total. The van der Waals surface area contributed by atoms with Crippen LogP contribution in [0.5, 0.6) is 5.75 Å². The van der Waals surface area contributed by atoms with Crippen LogP contribution < -0.4 is 4.74 Å². The smallest absolute Gasteiger partial charge is 0.123 e. The van der Waals surface area contributed by atoms with E-state index in [1.54, 1.807) is 0 Å². The SMILES string of the molecule is C[CH]c1ccccc1OC1CCCCC1. The fourth-order valence-electron chi connectivity index (χ4n) is 2.19. The summed E-state index contributed by atoms with van der Waals surface area (Å²) in [6, 6.07) is 8.29. The highest BCUT2D eigenvalue weighted by molar-refractivity contribution is 5.38. The second kappa shape index (κ2) is 5.20. The standard InChI is InChI=1S/C14H19O/c1-2-12-8-6-7-11-14(12)15-13-9-4-3-5-10-13/h2,6-8,11,13H,3-5,9-10H2,1H3. The van der Waals surface area contributed by atoms with E-state index in [-0.39, 0.29) is 0 Å². The van der Waals surface area contributed by atoms with E-state index in [4.69, 9.17) is 4.74 Å². The summed E-state index contributed by atoms with van der Waals surface area (Å²) in [7, 11) is 0. The van der Waals surface area contributed by atoms with Crippen LogP contribution in [-0.2, 0) is 0 Å². The van der Waals surface area contributed by atoms with Crippen LogP contribution in [0, 0.1) is 6.42 Å². The molecule has 1 aromatic rings. The van der Waals surface area contributed by atoms with Crippen molar-refractivity contribution < 1.29 is 4.74 Å². The van der Waals surface area contributed by atoms with Crippen LogP contribution in [0.4, 0.5) is 0 Å². The minimum atomic E-state index is 0.444. The van der Waals surface area contributed by atoms with Crippen LogP contribution in [0.1, 0.15) is 44.6 Å². The lowest BCUT2D eigenvalue weighted by atomic mass is 9.97. The highest BCUT2D eigenvalue weighted by Crippen LogP contribution is 2.26. The maximum absolute atomic E-state index is 6.05. The summed E-state index contributed by atoms with van der Waals surface area (Å²) in [5, 5.41) is 0. The minimum Gasteiger partial charge on any atom is -0.490 e. The molecule has 0 aromatic heterocycles. The summed E-state index contributed by atoms with van der Waals surface area (Å²) in [6.07, 6.45) is 9.01. The third-order valence-corrected chi connectivity index (χ3v) is 3.08. The maximum Gasteiger partial charge on any atom is 0.123 e. The molecule has 1 nitrogen and oxygen atoms in total. The second-order valence-electron chi connectivity index (χ2n) is 4.20. The molecule has 1 fully saturated rings. The van der Waals surface area contributed by atoms with Crippen molar-refractivity contribution in [2.75, 3.05) is 0 Å². The molecule has 1 aliphatic carbocycles. The van der Waals surface area contributed by atoms with Crippen molar-refractivity contribution in [3.05, 3.63) is 36.2 Å². The van der Waals surface area contributed by atoms with Gasteiger partial charge in [-0.3, -0.25) is 0 Å². The van der Waals surface area contributed by atoms with Gasteiger partial charge in [-0.25, -0.2) is 0 Å². The quantitative estimate of drug-likeness (QED) is 0.722. The van der Waals surface area contributed by atoms with Crippen molar-refractivity contribution in [1.29, 1.82) is 0 Å². The summed E-state index contributed by atoms with van der Waals surface area (Å²) in [5.74, 6) is 1.05. The van der Waals surface area contributed by atoms with E-state index in [0.717, 1.165) is 5.75 Å². The Morgan fingerprint density at radius 2 is 1.87 bits per heavy atom. The average Bonchev–Trinajstić information content (AvgIpc) is 2.31. The van der Waals surface area contributed by atoms with Crippen LogP contribution in [-0.4, -0.2) is 6.10 Å². The molecular formula is C14H19O. The molecule has 1 heteroatoms. The largest absolute Gasteiger partial charge is 0.490 e. The highest BCUT2D eigenvalue weighted by atomic mass is 16.5. The molecule has 1 aliphatic rings. The molecule has 1 radical (unpaired) electrons. The third-order valence-electron chi connectivity index (χ3n) is 3.08. The Hall–Kier alpha value is -0.980. The number of hydrogen-bond donors (Lipinski definition) is 0. The molecule has 0 bridgehead atoms. The molecule has 1 aromatic carbocycles. The van der Waals surface area contributed by atoms with Crippen LogP contribution >= 0.6 is 0 Å². The van der Waals surface area contributed by atoms with E-state index in [1.807, 2.05) is 6.07 Å². The normalized spacial score (nSPS) is 17.7. The molecule has 0 atom stereocenters. The Kier molecular flexibility index (Phi) is 3.65. The van der Waals surface area contributed by atoms with Crippen LogP contribution in [0.2, 0.25) is 0 Å². The van der Waals surface area contributed by atoms with E-state index < -0.39 is 0 Å². The van der Waals surface area contributed by atoms with Gasteiger partial charge >= 0.3 is 0 Å². The van der Waals surface area contributed by atoms with Crippen molar-refractivity contribution in [1.82, 2.24) is 0 Å². The van der Waals surface area contributed by atoms with Crippen molar-refractivity contribution >= 4 is 0 Å². The highest BCUT2D eigenvalue weighted by Gasteiger charge is 2.15.